The Kier molecular flexibility index (Phi) is 4.18. The van der Waals surface area contributed by atoms with Gasteiger partial charge in [-0.05, 0) is 19.1 Å². The molecule has 0 radical (unpaired) electrons. The Labute approximate surface area is 134 Å². The third-order valence-corrected chi connectivity index (χ3v) is 3.40. The van der Waals surface area contributed by atoms with E-state index in [2.05, 4.69) is 25.1 Å². The van der Waals surface area contributed by atoms with Crippen molar-refractivity contribution in [3.63, 3.8) is 0 Å². The number of nitrogens with one attached hydrogen (secondary N) is 1. The van der Waals surface area contributed by atoms with Gasteiger partial charge >= 0.3 is 0 Å². The summed E-state index contributed by atoms with van der Waals surface area (Å²) in [6.07, 6.45) is 3.44. The van der Waals surface area contributed by atoms with Gasteiger partial charge < -0.3 is 14.6 Å². The maximum atomic E-state index is 5.25. The van der Waals surface area contributed by atoms with Gasteiger partial charge in [0.05, 0.1) is 25.5 Å². The zero-order chi connectivity index (χ0) is 16.2. The lowest BCUT2D eigenvalue weighted by atomic mass is 10.1. The van der Waals surface area contributed by atoms with Crippen molar-refractivity contribution >= 4 is 5.95 Å². The van der Waals surface area contributed by atoms with Crippen LogP contribution in [0.2, 0.25) is 0 Å². The highest BCUT2D eigenvalue weighted by Crippen LogP contribution is 2.22. The molecule has 3 rings (SSSR count). The number of benzene rings is 1. The summed E-state index contributed by atoms with van der Waals surface area (Å²) >= 11 is 0. The standard InChI is InChI=1S/C16H18N6O/c1-11-8-17-15(19-11)10-22(2)16-20-14(9-18-21-16)12-5-4-6-13(7-12)23-3/h4-9H,10H2,1-3H3,(H,17,19). The van der Waals surface area contributed by atoms with E-state index in [4.69, 9.17) is 4.74 Å². The first-order chi connectivity index (χ1) is 11.2. The molecule has 3 aromatic rings. The largest absolute Gasteiger partial charge is 0.497 e. The lowest BCUT2D eigenvalue weighted by Gasteiger charge is -2.15. The number of ether oxygens (including phenoxy) is 1. The van der Waals surface area contributed by atoms with Gasteiger partial charge in [0.2, 0.25) is 5.95 Å². The number of aryl methyl sites for hydroxylation is 1. The van der Waals surface area contributed by atoms with Crippen molar-refractivity contribution in [2.75, 3.05) is 19.1 Å². The summed E-state index contributed by atoms with van der Waals surface area (Å²) in [5.41, 5.74) is 2.71. The van der Waals surface area contributed by atoms with Crippen molar-refractivity contribution in [2.45, 2.75) is 13.5 Å². The molecule has 0 saturated carbocycles. The minimum absolute atomic E-state index is 0.541. The number of H-pyrrole nitrogens is 1. The molecule has 0 aliphatic rings. The molecule has 0 spiro atoms. The maximum Gasteiger partial charge on any atom is 0.246 e. The van der Waals surface area contributed by atoms with Crippen molar-refractivity contribution in [3.8, 4) is 17.0 Å². The van der Waals surface area contributed by atoms with Crippen LogP contribution in [0.25, 0.3) is 11.3 Å². The molecule has 0 unspecified atom stereocenters. The van der Waals surface area contributed by atoms with Crippen LogP contribution in [-0.2, 0) is 6.54 Å². The van der Waals surface area contributed by atoms with Gasteiger partial charge in [0, 0.05) is 24.5 Å². The van der Waals surface area contributed by atoms with Crippen molar-refractivity contribution in [1.29, 1.82) is 0 Å². The number of rotatable bonds is 5. The second-order valence-electron chi connectivity index (χ2n) is 5.24. The third-order valence-electron chi connectivity index (χ3n) is 3.40. The second kappa shape index (κ2) is 6.43. The molecule has 2 heterocycles. The summed E-state index contributed by atoms with van der Waals surface area (Å²) < 4.78 is 5.25. The molecule has 0 bridgehead atoms. The second-order valence-corrected chi connectivity index (χ2v) is 5.24. The molecule has 2 aromatic heterocycles. The molecule has 23 heavy (non-hydrogen) atoms. The molecule has 7 nitrogen and oxygen atoms in total. The molecule has 118 valence electrons. The molecule has 1 aromatic carbocycles. The summed E-state index contributed by atoms with van der Waals surface area (Å²) in [7, 11) is 3.55. The number of anilines is 1. The number of methoxy groups -OCH3 is 1. The summed E-state index contributed by atoms with van der Waals surface area (Å²) in [6.45, 7) is 2.55. The molecule has 1 N–H and O–H groups in total. The fourth-order valence-electron chi connectivity index (χ4n) is 2.22. The van der Waals surface area contributed by atoms with E-state index in [-0.39, 0.29) is 0 Å². The lowest BCUT2D eigenvalue weighted by molar-refractivity contribution is 0.415. The average molecular weight is 310 g/mol. The molecule has 0 saturated heterocycles. The van der Waals surface area contributed by atoms with Crippen LogP contribution in [0.1, 0.15) is 11.5 Å². The smallest absolute Gasteiger partial charge is 0.246 e. The van der Waals surface area contributed by atoms with E-state index in [1.54, 1.807) is 19.5 Å². The molecule has 7 heteroatoms. The summed E-state index contributed by atoms with van der Waals surface area (Å²) in [6, 6.07) is 7.70. The summed E-state index contributed by atoms with van der Waals surface area (Å²) in [5, 5.41) is 8.16. The highest BCUT2D eigenvalue weighted by Gasteiger charge is 2.10. The molecule has 0 atom stereocenters. The normalized spacial score (nSPS) is 10.6. The van der Waals surface area contributed by atoms with E-state index in [9.17, 15) is 0 Å². The quantitative estimate of drug-likeness (QED) is 0.778. The van der Waals surface area contributed by atoms with Gasteiger partial charge in [0.25, 0.3) is 0 Å². The maximum absolute atomic E-state index is 5.25. The van der Waals surface area contributed by atoms with E-state index in [0.717, 1.165) is 28.5 Å². The monoisotopic (exact) mass is 310 g/mol. The van der Waals surface area contributed by atoms with Crippen molar-refractivity contribution in [3.05, 3.63) is 48.2 Å². The first-order valence-corrected chi connectivity index (χ1v) is 7.21. The Hall–Kier alpha value is -2.96. The molecule has 0 amide bonds. The zero-order valence-corrected chi connectivity index (χ0v) is 13.3. The molecule has 0 aliphatic heterocycles. The van der Waals surface area contributed by atoms with E-state index < -0.39 is 0 Å². The minimum atomic E-state index is 0.541. The number of aromatic nitrogens is 5. The predicted octanol–water partition coefficient (Wildman–Crippen LogP) is 2.22. The summed E-state index contributed by atoms with van der Waals surface area (Å²) in [4.78, 5) is 14.0. The van der Waals surface area contributed by atoms with Crippen LogP contribution in [0.15, 0.2) is 36.7 Å². The Bertz CT molecular complexity index is 801. The van der Waals surface area contributed by atoms with Crippen LogP contribution in [0.3, 0.4) is 0 Å². The molecule has 0 aliphatic carbocycles. The Morgan fingerprint density at radius 3 is 2.87 bits per heavy atom. The van der Waals surface area contributed by atoms with Gasteiger partial charge in [-0.2, -0.15) is 5.10 Å². The number of imidazole rings is 1. The van der Waals surface area contributed by atoms with Crippen molar-refractivity contribution < 1.29 is 4.74 Å². The van der Waals surface area contributed by atoms with Crippen LogP contribution in [-0.4, -0.2) is 39.3 Å². The summed E-state index contributed by atoms with van der Waals surface area (Å²) in [5.74, 6) is 2.18. The predicted molar refractivity (Wildman–Crippen MR) is 87.2 cm³/mol. The van der Waals surface area contributed by atoms with Crippen LogP contribution in [0.4, 0.5) is 5.95 Å². The lowest BCUT2D eigenvalue weighted by Crippen LogP contribution is -2.20. The van der Waals surface area contributed by atoms with E-state index in [1.807, 2.05) is 43.1 Å². The minimum Gasteiger partial charge on any atom is -0.497 e. The van der Waals surface area contributed by atoms with Crippen molar-refractivity contribution in [2.24, 2.45) is 0 Å². The number of hydrogen-bond acceptors (Lipinski definition) is 6. The van der Waals surface area contributed by atoms with E-state index in [1.165, 1.54) is 0 Å². The highest BCUT2D eigenvalue weighted by molar-refractivity contribution is 5.61. The molecular formula is C16H18N6O. The molecular weight excluding hydrogens is 292 g/mol. The van der Waals surface area contributed by atoms with Crippen LogP contribution >= 0.6 is 0 Å². The van der Waals surface area contributed by atoms with Gasteiger partial charge in [-0.15, -0.1) is 5.10 Å². The van der Waals surface area contributed by atoms with Gasteiger partial charge in [-0.25, -0.2) is 9.97 Å². The van der Waals surface area contributed by atoms with Crippen LogP contribution in [0.5, 0.6) is 5.75 Å². The highest BCUT2D eigenvalue weighted by atomic mass is 16.5. The fraction of sp³-hybridized carbons (Fsp3) is 0.250. The Morgan fingerprint density at radius 2 is 2.13 bits per heavy atom. The third kappa shape index (κ3) is 3.45. The average Bonchev–Trinajstić information content (AvgIpc) is 3.00. The van der Waals surface area contributed by atoms with Gasteiger partial charge in [0.1, 0.15) is 11.6 Å². The first-order valence-electron chi connectivity index (χ1n) is 7.21. The Morgan fingerprint density at radius 1 is 1.26 bits per heavy atom. The van der Waals surface area contributed by atoms with Crippen molar-refractivity contribution in [1.82, 2.24) is 25.1 Å². The van der Waals surface area contributed by atoms with E-state index in [0.29, 0.717) is 12.5 Å². The zero-order valence-electron chi connectivity index (χ0n) is 13.3. The topological polar surface area (TPSA) is 79.8 Å². The molecule has 0 fully saturated rings. The number of hydrogen-bond donors (Lipinski definition) is 1. The Balaban J connectivity index is 1.84. The van der Waals surface area contributed by atoms with Gasteiger partial charge in [-0.1, -0.05) is 12.1 Å². The van der Waals surface area contributed by atoms with Gasteiger partial charge in [0.15, 0.2) is 0 Å². The fourth-order valence-corrected chi connectivity index (χ4v) is 2.22. The SMILES string of the molecule is COc1cccc(-c2cnnc(N(C)Cc3ncc(C)[nH]3)n2)c1. The van der Waals surface area contributed by atoms with E-state index >= 15 is 0 Å². The first kappa shape index (κ1) is 15.0. The number of nitrogens with zero attached hydrogens (tertiary/aromatic N) is 5. The van der Waals surface area contributed by atoms with Gasteiger partial charge in [-0.3, -0.25) is 0 Å². The van der Waals surface area contributed by atoms with Crippen LogP contribution in [0, 0.1) is 6.92 Å². The van der Waals surface area contributed by atoms with Crippen LogP contribution < -0.4 is 9.64 Å². The number of aromatic amines is 1.